The smallest absolute Gasteiger partial charge is 0.221 e. The summed E-state index contributed by atoms with van der Waals surface area (Å²) in [5.74, 6) is 0.125. The Bertz CT molecular complexity index is 736. The van der Waals surface area contributed by atoms with Crippen molar-refractivity contribution in [3.05, 3.63) is 65.2 Å². The first-order valence-electron chi connectivity index (χ1n) is 8.64. The van der Waals surface area contributed by atoms with Gasteiger partial charge in [0.15, 0.2) is 0 Å². The number of hydrogen-bond donors (Lipinski definition) is 1. The Morgan fingerprint density at radius 1 is 1.04 bits per heavy atom. The summed E-state index contributed by atoms with van der Waals surface area (Å²) in [5.41, 5.74) is 4.91. The van der Waals surface area contributed by atoms with E-state index in [1.54, 1.807) is 0 Å². The second kappa shape index (κ2) is 7.82. The summed E-state index contributed by atoms with van der Waals surface area (Å²) in [6.07, 6.45) is 5.83. The number of rotatable bonds is 5. The number of benzene rings is 2. The van der Waals surface area contributed by atoms with E-state index in [0.717, 1.165) is 19.5 Å². The molecule has 1 aliphatic heterocycles. The third kappa shape index (κ3) is 3.85. The predicted octanol–water partition coefficient (Wildman–Crippen LogP) is 4.09. The van der Waals surface area contributed by atoms with Crippen molar-refractivity contribution >= 4 is 23.7 Å². The van der Waals surface area contributed by atoms with Crippen LogP contribution in [0.3, 0.4) is 0 Å². The van der Waals surface area contributed by atoms with E-state index in [1.807, 2.05) is 0 Å². The van der Waals surface area contributed by atoms with Crippen LogP contribution in [-0.2, 0) is 11.3 Å². The fourth-order valence-corrected chi connectivity index (χ4v) is 3.02. The number of anilines is 1. The van der Waals surface area contributed by atoms with Crippen molar-refractivity contribution in [2.75, 3.05) is 18.0 Å². The monoisotopic (exact) mass is 320 g/mol. The highest BCUT2D eigenvalue weighted by atomic mass is 16.1. The number of amides is 1. The molecule has 2 aromatic rings. The van der Waals surface area contributed by atoms with Gasteiger partial charge in [0.25, 0.3) is 0 Å². The van der Waals surface area contributed by atoms with Gasteiger partial charge >= 0.3 is 0 Å². The van der Waals surface area contributed by atoms with Gasteiger partial charge in [-0.1, -0.05) is 61.5 Å². The lowest BCUT2D eigenvalue weighted by atomic mass is 10.0. The van der Waals surface area contributed by atoms with Crippen molar-refractivity contribution in [1.29, 1.82) is 0 Å². The third-order valence-corrected chi connectivity index (χ3v) is 4.32. The number of hydrogen-bond acceptors (Lipinski definition) is 2. The minimum Gasteiger partial charge on any atom is -0.366 e. The number of nitrogens with one attached hydrogen (secondary N) is 1. The lowest BCUT2D eigenvalue weighted by Crippen LogP contribution is -2.31. The molecule has 0 atom stereocenters. The van der Waals surface area contributed by atoms with E-state index in [1.165, 1.54) is 22.4 Å². The van der Waals surface area contributed by atoms with Crippen LogP contribution in [0.2, 0.25) is 0 Å². The maximum atomic E-state index is 12.0. The average Bonchev–Trinajstić information content (AvgIpc) is 2.61. The molecule has 0 unspecified atom stereocenters. The SMILES string of the molecule is CCCNC(=O)CCN1Cc2ccccc2/C=C\c2ccccc21. The molecule has 1 N–H and O–H groups in total. The van der Waals surface area contributed by atoms with Crippen LogP contribution in [-0.4, -0.2) is 19.0 Å². The topological polar surface area (TPSA) is 32.3 Å². The molecule has 3 rings (SSSR count). The van der Waals surface area contributed by atoms with Gasteiger partial charge in [-0.25, -0.2) is 0 Å². The molecule has 0 saturated carbocycles. The van der Waals surface area contributed by atoms with Crippen molar-refractivity contribution in [2.24, 2.45) is 0 Å². The highest BCUT2D eigenvalue weighted by Crippen LogP contribution is 2.28. The average molecular weight is 320 g/mol. The Labute approximate surface area is 144 Å². The molecule has 1 amide bonds. The zero-order valence-corrected chi connectivity index (χ0v) is 14.2. The van der Waals surface area contributed by atoms with Crippen LogP contribution >= 0.6 is 0 Å². The van der Waals surface area contributed by atoms with E-state index in [2.05, 4.69) is 77.8 Å². The molecule has 0 spiro atoms. The Kier molecular flexibility index (Phi) is 5.32. The molecule has 1 aliphatic rings. The van der Waals surface area contributed by atoms with Gasteiger partial charge in [0.2, 0.25) is 5.91 Å². The van der Waals surface area contributed by atoms with Gasteiger partial charge in [0.1, 0.15) is 0 Å². The van der Waals surface area contributed by atoms with Crippen molar-refractivity contribution in [2.45, 2.75) is 26.3 Å². The Hall–Kier alpha value is -2.55. The minimum atomic E-state index is 0.125. The van der Waals surface area contributed by atoms with Crippen LogP contribution in [0, 0.1) is 0 Å². The molecule has 3 nitrogen and oxygen atoms in total. The summed E-state index contributed by atoms with van der Waals surface area (Å²) in [6.45, 7) is 4.35. The number of nitrogens with zero attached hydrogens (tertiary/aromatic N) is 1. The van der Waals surface area contributed by atoms with Gasteiger partial charge in [-0.15, -0.1) is 0 Å². The van der Waals surface area contributed by atoms with E-state index in [0.29, 0.717) is 13.0 Å². The zero-order valence-electron chi connectivity index (χ0n) is 14.2. The predicted molar refractivity (Wildman–Crippen MR) is 101 cm³/mol. The van der Waals surface area contributed by atoms with E-state index in [9.17, 15) is 4.79 Å². The molecule has 3 heteroatoms. The minimum absolute atomic E-state index is 0.125. The molecule has 1 heterocycles. The van der Waals surface area contributed by atoms with Crippen LogP contribution in [0.4, 0.5) is 5.69 Å². The summed E-state index contributed by atoms with van der Waals surface area (Å²) in [5, 5.41) is 2.96. The molecular formula is C21H24N2O. The van der Waals surface area contributed by atoms with Crippen LogP contribution in [0.1, 0.15) is 36.5 Å². The molecule has 0 radical (unpaired) electrons. The maximum Gasteiger partial charge on any atom is 0.221 e. The van der Waals surface area contributed by atoms with Gasteiger partial charge < -0.3 is 10.2 Å². The summed E-state index contributed by atoms with van der Waals surface area (Å²) in [6, 6.07) is 16.8. The summed E-state index contributed by atoms with van der Waals surface area (Å²) >= 11 is 0. The lowest BCUT2D eigenvalue weighted by molar-refractivity contribution is -0.120. The molecule has 0 aliphatic carbocycles. The van der Waals surface area contributed by atoms with E-state index < -0.39 is 0 Å². The standard InChI is InChI=1S/C21H24N2O/c1-2-14-22-21(24)13-15-23-16-19-9-4-3-7-17(19)11-12-18-8-5-6-10-20(18)23/h3-12H,2,13-16H2,1H3,(H,22,24)/b12-11-. The second-order valence-corrected chi connectivity index (χ2v) is 6.11. The normalized spacial score (nSPS) is 14.1. The Balaban J connectivity index is 1.84. The number of para-hydroxylation sites is 1. The van der Waals surface area contributed by atoms with Crippen LogP contribution in [0.5, 0.6) is 0 Å². The number of carbonyl (C=O) groups excluding carboxylic acids is 1. The van der Waals surface area contributed by atoms with Crippen LogP contribution in [0.25, 0.3) is 12.2 Å². The molecule has 0 bridgehead atoms. The molecule has 24 heavy (non-hydrogen) atoms. The highest BCUT2D eigenvalue weighted by Gasteiger charge is 2.15. The molecule has 0 aromatic heterocycles. The van der Waals surface area contributed by atoms with Crippen LogP contribution in [0.15, 0.2) is 48.5 Å². The largest absolute Gasteiger partial charge is 0.366 e. The molecule has 124 valence electrons. The number of carbonyl (C=O) groups is 1. The number of fused-ring (bicyclic) bond motifs is 2. The van der Waals surface area contributed by atoms with Crippen LogP contribution < -0.4 is 10.2 Å². The molecule has 0 fully saturated rings. The third-order valence-electron chi connectivity index (χ3n) is 4.32. The first kappa shape index (κ1) is 16.3. The van der Waals surface area contributed by atoms with Crippen molar-refractivity contribution < 1.29 is 4.79 Å². The lowest BCUT2D eigenvalue weighted by Gasteiger charge is -2.28. The van der Waals surface area contributed by atoms with Gasteiger partial charge in [-0.3, -0.25) is 4.79 Å². The van der Waals surface area contributed by atoms with Gasteiger partial charge in [-0.2, -0.15) is 0 Å². The van der Waals surface area contributed by atoms with Crippen molar-refractivity contribution in [3.63, 3.8) is 0 Å². The van der Waals surface area contributed by atoms with Gasteiger partial charge in [0, 0.05) is 31.7 Å². The summed E-state index contributed by atoms with van der Waals surface area (Å²) in [4.78, 5) is 14.3. The maximum absolute atomic E-state index is 12.0. The van der Waals surface area contributed by atoms with E-state index >= 15 is 0 Å². The Morgan fingerprint density at radius 3 is 2.58 bits per heavy atom. The quantitative estimate of drug-likeness (QED) is 0.900. The van der Waals surface area contributed by atoms with Gasteiger partial charge in [-0.05, 0) is 29.2 Å². The zero-order chi connectivity index (χ0) is 16.8. The second-order valence-electron chi connectivity index (χ2n) is 6.11. The highest BCUT2D eigenvalue weighted by molar-refractivity contribution is 5.80. The first-order chi connectivity index (χ1) is 11.8. The van der Waals surface area contributed by atoms with Crippen molar-refractivity contribution in [1.82, 2.24) is 5.32 Å². The first-order valence-corrected chi connectivity index (χ1v) is 8.64. The van der Waals surface area contributed by atoms with Gasteiger partial charge in [0.05, 0.1) is 0 Å². The fourth-order valence-electron chi connectivity index (χ4n) is 3.02. The molecule has 2 aromatic carbocycles. The molecule has 0 saturated heterocycles. The van der Waals surface area contributed by atoms with E-state index in [4.69, 9.17) is 0 Å². The van der Waals surface area contributed by atoms with E-state index in [-0.39, 0.29) is 5.91 Å². The molecular weight excluding hydrogens is 296 g/mol. The summed E-state index contributed by atoms with van der Waals surface area (Å²) < 4.78 is 0. The fraction of sp³-hybridized carbons (Fsp3) is 0.286. The summed E-state index contributed by atoms with van der Waals surface area (Å²) in [7, 11) is 0. The van der Waals surface area contributed by atoms with Crippen molar-refractivity contribution in [3.8, 4) is 0 Å². The Morgan fingerprint density at radius 2 is 1.75 bits per heavy atom.